The first-order valence-electron chi connectivity index (χ1n) is 6.40. The van der Waals surface area contributed by atoms with Crippen molar-refractivity contribution in [3.63, 3.8) is 0 Å². The fraction of sp³-hybridized carbons (Fsp3) is 0.917. The number of aliphatic hydroxyl groups is 1. The van der Waals surface area contributed by atoms with Crippen LogP contribution < -0.4 is 5.32 Å². The van der Waals surface area contributed by atoms with Crippen LogP contribution in [-0.4, -0.2) is 41.3 Å². The minimum Gasteiger partial charge on any atom is -0.393 e. The summed E-state index contributed by atoms with van der Waals surface area (Å²) in [5.41, 5.74) is 0. The van der Waals surface area contributed by atoms with Crippen LogP contribution in [0.25, 0.3) is 0 Å². The van der Waals surface area contributed by atoms with Crippen molar-refractivity contribution in [3.8, 4) is 0 Å². The van der Waals surface area contributed by atoms with Gasteiger partial charge in [-0.2, -0.15) is 0 Å². The van der Waals surface area contributed by atoms with Crippen molar-refractivity contribution >= 4 is 6.03 Å². The minimum absolute atomic E-state index is 0.0649. The summed E-state index contributed by atoms with van der Waals surface area (Å²) >= 11 is 0. The zero-order valence-electron chi connectivity index (χ0n) is 9.98. The van der Waals surface area contributed by atoms with E-state index in [4.69, 9.17) is 0 Å². The van der Waals surface area contributed by atoms with Gasteiger partial charge in [0.25, 0.3) is 0 Å². The molecule has 1 saturated carbocycles. The van der Waals surface area contributed by atoms with Crippen molar-refractivity contribution in [1.29, 1.82) is 0 Å². The highest BCUT2D eigenvalue weighted by molar-refractivity contribution is 5.74. The highest BCUT2D eigenvalue weighted by Gasteiger charge is 2.30. The van der Waals surface area contributed by atoms with E-state index in [0.29, 0.717) is 12.6 Å². The quantitative estimate of drug-likeness (QED) is 0.746. The number of carbonyl (C=O) groups excluding carboxylic acids is 1. The molecule has 4 heteroatoms. The third-order valence-corrected chi connectivity index (χ3v) is 3.88. The second kappa shape index (κ2) is 5.04. The van der Waals surface area contributed by atoms with Crippen molar-refractivity contribution in [2.45, 2.75) is 51.2 Å². The van der Waals surface area contributed by atoms with Crippen molar-refractivity contribution in [3.05, 3.63) is 0 Å². The number of hydrogen-bond acceptors (Lipinski definition) is 2. The Kier molecular flexibility index (Phi) is 3.69. The largest absolute Gasteiger partial charge is 0.393 e. The molecular formula is C12H22N2O2. The summed E-state index contributed by atoms with van der Waals surface area (Å²) in [6.45, 7) is 3.30. The van der Waals surface area contributed by atoms with Gasteiger partial charge in [0.05, 0.1) is 6.10 Å². The molecule has 2 atom stereocenters. The van der Waals surface area contributed by atoms with Gasteiger partial charge in [0.2, 0.25) is 0 Å². The summed E-state index contributed by atoms with van der Waals surface area (Å²) in [5.74, 6) is 0.259. The predicted octanol–water partition coefficient (Wildman–Crippen LogP) is 1.34. The Morgan fingerprint density at radius 1 is 1.38 bits per heavy atom. The van der Waals surface area contributed by atoms with E-state index in [1.165, 1.54) is 12.8 Å². The molecule has 1 heterocycles. The fourth-order valence-electron chi connectivity index (χ4n) is 2.70. The number of amides is 2. The van der Waals surface area contributed by atoms with Crippen LogP contribution in [0, 0.1) is 5.92 Å². The highest BCUT2D eigenvalue weighted by Crippen LogP contribution is 2.21. The van der Waals surface area contributed by atoms with Crippen LogP contribution in [0.2, 0.25) is 0 Å². The minimum atomic E-state index is -0.302. The average molecular weight is 226 g/mol. The molecule has 4 nitrogen and oxygen atoms in total. The molecule has 0 radical (unpaired) electrons. The summed E-state index contributed by atoms with van der Waals surface area (Å²) in [6, 6.07) is 0.452. The molecule has 0 aromatic rings. The van der Waals surface area contributed by atoms with Gasteiger partial charge in [0, 0.05) is 25.0 Å². The normalized spacial score (nSPS) is 28.4. The van der Waals surface area contributed by atoms with Gasteiger partial charge < -0.3 is 15.3 Å². The first kappa shape index (κ1) is 11.7. The predicted molar refractivity (Wildman–Crippen MR) is 62.1 cm³/mol. The van der Waals surface area contributed by atoms with Crippen molar-refractivity contribution < 1.29 is 9.90 Å². The number of nitrogens with one attached hydrogen (secondary N) is 1. The zero-order valence-corrected chi connectivity index (χ0v) is 9.98. The van der Waals surface area contributed by atoms with Crippen molar-refractivity contribution in [1.82, 2.24) is 10.2 Å². The summed E-state index contributed by atoms with van der Waals surface area (Å²) in [7, 11) is 0. The Morgan fingerprint density at radius 3 is 2.62 bits per heavy atom. The summed E-state index contributed by atoms with van der Waals surface area (Å²) < 4.78 is 0. The molecule has 1 aliphatic heterocycles. The molecular weight excluding hydrogens is 204 g/mol. The van der Waals surface area contributed by atoms with Gasteiger partial charge in [-0.1, -0.05) is 12.8 Å². The first-order valence-corrected chi connectivity index (χ1v) is 6.40. The van der Waals surface area contributed by atoms with E-state index in [2.05, 4.69) is 5.32 Å². The Morgan fingerprint density at radius 2 is 2.06 bits per heavy atom. The average Bonchev–Trinajstić information content (AvgIpc) is 2.86. The second-order valence-corrected chi connectivity index (χ2v) is 5.17. The number of aliphatic hydroxyl groups excluding tert-OH is 1. The maximum Gasteiger partial charge on any atom is 0.317 e. The van der Waals surface area contributed by atoms with Crippen LogP contribution in [0.4, 0.5) is 4.79 Å². The van der Waals surface area contributed by atoms with E-state index in [0.717, 1.165) is 25.8 Å². The molecule has 2 fully saturated rings. The van der Waals surface area contributed by atoms with E-state index < -0.39 is 0 Å². The number of rotatable bonds is 2. The van der Waals surface area contributed by atoms with Gasteiger partial charge in [-0.25, -0.2) is 4.79 Å². The number of nitrogens with zero attached hydrogens (tertiary/aromatic N) is 1. The molecule has 2 aliphatic rings. The Hall–Kier alpha value is -0.770. The molecule has 0 bridgehead atoms. The topological polar surface area (TPSA) is 52.6 Å². The van der Waals surface area contributed by atoms with Gasteiger partial charge in [-0.05, 0) is 26.2 Å². The van der Waals surface area contributed by atoms with Crippen LogP contribution in [0.15, 0.2) is 0 Å². The van der Waals surface area contributed by atoms with E-state index in [-0.39, 0.29) is 18.1 Å². The Labute approximate surface area is 97.0 Å². The van der Waals surface area contributed by atoms with Crippen LogP contribution in [-0.2, 0) is 0 Å². The van der Waals surface area contributed by atoms with Gasteiger partial charge in [-0.3, -0.25) is 0 Å². The zero-order chi connectivity index (χ0) is 11.5. The van der Waals surface area contributed by atoms with Crippen LogP contribution in [0.1, 0.15) is 39.0 Å². The van der Waals surface area contributed by atoms with Crippen LogP contribution >= 0.6 is 0 Å². The maximum atomic E-state index is 11.9. The lowest BCUT2D eigenvalue weighted by Crippen LogP contribution is -2.43. The van der Waals surface area contributed by atoms with E-state index >= 15 is 0 Å². The summed E-state index contributed by atoms with van der Waals surface area (Å²) in [6.07, 6.45) is 5.35. The number of likely N-dealkylation sites (tertiary alicyclic amines) is 1. The molecule has 2 amide bonds. The monoisotopic (exact) mass is 226 g/mol. The Balaban J connectivity index is 1.77. The molecule has 0 spiro atoms. The molecule has 0 aromatic carbocycles. The van der Waals surface area contributed by atoms with Crippen molar-refractivity contribution in [2.24, 2.45) is 5.92 Å². The lowest BCUT2D eigenvalue weighted by Gasteiger charge is -2.21. The van der Waals surface area contributed by atoms with Crippen LogP contribution in [0.5, 0.6) is 0 Å². The van der Waals surface area contributed by atoms with E-state index in [1.807, 2.05) is 11.8 Å². The summed E-state index contributed by atoms with van der Waals surface area (Å²) in [4.78, 5) is 13.7. The number of carbonyl (C=O) groups is 1. The standard InChI is InChI=1S/C12H22N2O2/c1-9(15)10-6-7-14(8-10)12(16)13-11-4-2-3-5-11/h9-11,15H,2-8H2,1H3,(H,13,16). The molecule has 92 valence electrons. The highest BCUT2D eigenvalue weighted by atomic mass is 16.3. The third kappa shape index (κ3) is 2.67. The van der Waals surface area contributed by atoms with Crippen LogP contribution in [0.3, 0.4) is 0 Å². The van der Waals surface area contributed by atoms with Gasteiger partial charge in [0.15, 0.2) is 0 Å². The molecule has 16 heavy (non-hydrogen) atoms. The third-order valence-electron chi connectivity index (χ3n) is 3.88. The molecule has 1 saturated heterocycles. The fourth-order valence-corrected chi connectivity index (χ4v) is 2.70. The van der Waals surface area contributed by atoms with Gasteiger partial charge in [-0.15, -0.1) is 0 Å². The Bertz CT molecular complexity index is 249. The SMILES string of the molecule is CC(O)C1CCN(C(=O)NC2CCCC2)C1. The van der Waals surface area contributed by atoms with E-state index in [1.54, 1.807) is 0 Å². The molecule has 2 rings (SSSR count). The lowest BCUT2D eigenvalue weighted by molar-refractivity contribution is 0.129. The lowest BCUT2D eigenvalue weighted by atomic mass is 10.0. The van der Waals surface area contributed by atoms with E-state index in [9.17, 15) is 9.90 Å². The smallest absolute Gasteiger partial charge is 0.317 e. The van der Waals surface area contributed by atoms with Gasteiger partial charge >= 0.3 is 6.03 Å². The molecule has 1 aliphatic carbocycles. The second-order valence-electron chi connectivity index (χ2n) is 5.17. The molecule has 2 unspecified atom stereocenters. The number of urea groups is 1. The van der Waals surface area contributed by atoms with Gasteiger partial charge in [0.1, 0.15) is 0 Å². The van der Waals surface area contributed by atoms with Crippen molar-refractivity contribution in [2.75, 3.05) is 13.1 Å². The number of hydrogen-bond donors (Lipinski definition) is 2. The molecule has 2 N–H and O–H groups in total. The molecule has 0 aromatic heterocycles. The maximum absolute atomic E-state index is 11.9. The summed E-state index contributed by atoms with van der Waals surface area (Å²) in [5, 5.41) is 12.6. The first-order chi connectivity index (χ1) is 7.66.